The molecule has 2 aromatic carbocycles. The van der Waals surface area contributed by atoms with E-state index in [0.717, 1.165) is 6.07 Å². The maximum atomic E-state index is 12.6. The van der Waals surface area contributed by atoms with Crippen molar-refractivity contribution >= 4 is 51.4 Å². The first-order valence-corrected chi connectivity index (χ1v) is 8.07. The third kappa shape index (κ3) is 3.26. The number of benzene rings is 2. The number of aromatic nitrogens is 1. The number of rotatable bonds is 3. The number of hydrogen-bond donors (Lipinski definition) is 1. The third-order valence-electron chi connectivity index (χ3n) is 3.81. The lowest BCUT2D eigenvalue weighted by molar-refractivity contribution is -0.384. The summed E-state index contributed by atoms with van der Waals surface area (Å²) in [5, 5.41) is 13.9. The number of aryl methyl sites for hydroxylation is 1. The van der Waals surface area contributed by atoms with Crippen LogP contribution in [0.1, 0.15) is 10.4 Å². The number of amides is 1. The van der Waals surface area contributed by atoms with Crippen molar-refractivity contribution in [1.29, 1.82) is 0 Å². The van der Waals surface area contributed by atoms with E-state index < -0.39 is 16.3 Å². The summed E-state index contributed by atoms with van der Waals surface area (Å²) in [5.41, 5.74) is 0.0110. The maximum Gasteiger partial charge on any atom is 0.271 e. The van der Waals surface area contributed by atoms with Crippen LogP contribution >= 0.6 is 23.2 Å². The molecule has 1 amide bonds. The van der Waals surface area contributed by atoms with E-state index in [0.29, 0.717) is 15.9 Å². The number of hydrogen-bond acceptors (Lipinski definition) is 4. The van der Waals surface area contributed by atoms with Crippen LogP contribution < -0.4 is 10.7 Å². The van der Waals surface area contributed by atoms with Crippen molar-refractivity contribution in [2.24, 2.45) is 7.05 Å². The molecular formula is C17H11Cl2N3O4. The topological polar surface area (TPSA) is 94.2 Å². The lowest BCUT2D eigenvalue weighted by atomic mass is 10.1. The molecule has 0 fully saturated rings. The smallest absolute Gasteiger partial charge is 0.271 e. The zero-order valence-corrected chi connectivity index (χ0v) is 14.8. The van der Waals surface area contributed by atoms with Crippen LogP contribution in [-0.2, 0) is 7.05 Å². The summed E-state index contributed by atoms with van der Waals surface area (Å²) in [7, 11) is 1.70. The minimum absolute atomic E-state index is 0.00629. The van der Waals surface area contributed by atoms with Gasteiger partial charge in [-0.3, -0.25) is 19.7 Å². The normalized spacial score (nSPS) is 10.7. The van der Waals surface area contributed by atoms with E-state index in [1.54, 1.807) is 23.7 Å². The van der Waals surface area contributed by atoms with Crippen LogP contribution in [0.4, 0.5) is 11.4 Å². The van der Waals surface area contributed by atoms with Gasteiger partial charge in [0.15, 0.2) is 0 Å². The van der Waals surface area contributed by atoms with Gasteiger partial charge in [-0.2, -0.15) is 0 Å². The largest absolute Gasteiger partial charge is 0.350 e. The highest BCUT2D eigenvalue weighted by Gasteiger charge is 2.17. The number of halogens is 2. The predicted octanol–water partition coefficient (Wildman–Crippen LogP) is 4.01. The Labute approximate surface area is 156 Å². The van der Waals surface area contributed by atoms with Gasteiger partial charge in [-0.1, -0.05) is 23.2 Å². The van der Waals surface area contributed by atoms with Gasteiger partial charge in [0, 0.05) is 35.8 Å². The second-order valence-corrected chi connectivity index (χ2v) is 6.36. The monoisotopic (exact) mass is 391 g/mol. The van der Waals surface area contributed by atoms with Crippen molar-refractivity contribution in [1.82, 2.24) is 4.57 Å². The van der Waals surface area contributed by atoms with E-state index in [-0.39, 0.29) is 22.0 Å². The Morgan fingerprint density at radius 3 is 2.58 bits per heavy atom. The van der Waals surface area contributed by atoms with E-state index in [1.165, 1.54) is 24.4 Å². The van der Waals surface area contributed by atoms with Gasteiger partial charge in [-0.25, -0.2) is 0 Å². The maximum absolute atomic E-state index is 12.6. The number of nitro groups is 1. The van der Waals surface area contributed by atoms with Crippen LogP contribution in [0.15, 0.2) is 47.4 Å². The number of carbonyl (C=O) groups is 1. The number of non-ortho nitro benzene ring substituents is 1. The molecule has 0 aliphatic heterocycles. The molecule has 1 heterocycles. The Morgan fingerprint density at radius 1 is 1.19 bits per heavy atom. The number of carbonyl (C=O) groups excluding carboxylic acids is 1. The van der Waals surface area contributed by atoms with E-state index >= 15 is 0 Å². The molecule has 3 rings (SSSR count). The number of fused-ring (bicyclic) bond motifs is 1. The van der Waals surface area contributed by atoms with E-state index in [4.69, 9.17) is 23.2 Å². The number of pyridine rings is 1. The predicted molar refractivity (Wildman–Crippen MR) is 100 cm³/mol. The molecule has 0 aliphatic carbocycles. The fourth-order valence-corrected chi connectivity index (χ4v) is 2.93. The molecule has 0 radical (unpaired) electrons. The summed E-state index contributed by atoms with van der Waals surface area (Å²) < 4.78 is 1.64. The van der Waals surface area contributed by atoms with Crippen LogP contribution in [0.2, 0.25) is 10.0 Å². The average Bonchev–Trinajstić information content (AvgIpc) is 2.59. The van der Waals surface area contributed by atoms with Gasteiger partial charge in [0.2, 0.25) is 5.43 Å². The van der Waals surface area contributed by atoms with Gasteiger partial charge in [0.1, 0.15) is 5.56 Å². The molecule has 0 bridgehead atoms. The van der Waals surface area contributed by atoms with Gasteiger partial charge < -0.3 is 9.88 Å². The lowest BCUT2D eigenvalue weighted by Gasteiger charge is -2.10. The van der Waals surface area contributed by atoms with E-state index in [2.05, 4.69) is 5.32 Å². The number of anilines is 1. The summed E-state index contributed by atoms with van der Waals surface area (Å²) in [6, 6.07) is 8.47. The third-order valence-corrected chi connectivity index (χ3v) is 4.35. The van der Waals surface area contributed by atoms with Crippen LogP contribution in [-0.4, -0.2) is 15.4 Å². The van der Waals surface area contributed by atoms with Crippen molar-refractivity contribution in [3.05, 3.63) is 78.5 Å². The standard InChI is InChI=1S/C17H11Cl2N3O4/c1-21-8-12(16(23)11-6-9(18)2-5-15(11)21)17(24)20-14-4-3-10(22(25)26)7-13(14)19/h2-8H,1H3,(H,20,24). The fraction of sp³-hybridized carbons (Fsp3) is 0.0588. The minimum atomic E-state index is -0.678. The highest BCUT2D eigenvalue weighted by atomic mass is 35.5. The van der Waals surface area contributed by atoms with Crippen LogP contribution in [0.5, 0.6) is 0 Å². The van der Waals surface area contributed by atoms with Gasteiger partial charge in [-0.05, 0) is 24.3 Å². The molecule has 26 heavy (non-hydrogen) atoms. The summed E-state index contributed by atoms with van der Waals surface area (Å²) in [6.07, 6.45) is 1.41. The molecule has 7 nitrogen and oxygen atoms in total. The summed E-state index contributed by atoms with van der Waals surface area (Å²) >= 11 is 11.9. The van der Waals surface area contributed by atoms with Crippen molar-refractivity contribution in [3.8, 4) is 0 Å². The fourth-order valence-electron chi connectivity index (χ4n) is 2.53. The molecule has 0 atom stereocenters. The minimum Gasteiger partial charge on any atom is -0.350 e. The highest BCUT2D eigenvalue weighted by molar-refractivity contribution is 6.34. The van der Waals surface area contributed by atoms with Crippen LogP contribution in [0, 0.1) is 10.1 Å². The van der Waals surface area contributed by atoms with Crippen molar-refractivity contribution in [3.63, 3.8) is 0 Å². The Hall–Kier alpha value is -2.90. The number of nitrogens with zero attached hydrogens (tertiary/aromatic N) is 2. The molecule has 132 valence electrons. The first-order valence-electron chi connectivity index (χ1n) is 7.32. The summed E-state index contributed by atoms with van der Waals surface area (Å²) in [6.45, 7) is 0. The Bertz CT molecular complexity index is 1120. The van der Waals surface area contributed by atoms with Gasteiger partial charge in [-0.15, -0.1) is 0 Å². The second kappa shape index (κ2) is 6.78. The molecule has 0 unspecified atom stereocenters. The van der Waals surface area contributed by atoms with Crippen LogP contribution in [0.25, 0.3) is 10.9 Å². The van der Waals surface area contributed by atoms with Gasteiger partial charge in [0.05, 0.1) is 21.2 Å². The molecule has 0 spiro atoms. The van der Waals surface area contributed by atoms with Crippen molar-refractivity contribution in [2.75, 3.05) is 5.32 Å². The zero-order valence-electron chi connectivity index (χ0n) is 13.3. The van der Waals surface area contributed by atoms with Crippen molar-refractivity contribution < 1.29 is 9.72 Å². The van der Waals surface area contributed by atoms with Gasteiger partial charge >= 0.3 is 0 Å². The Morgan fingerprint density at radius 2 is 1.92 bits per heavy atom. The average molecular weight is 392 g/mol. The number of nitrogens with one attached hydrogen (secondary N) is 1. The number of nitro benzene ring substituents is 1. The van der Waals surface area contributed by atoms with Crippen LogP contribution in [0.3, 0.4) is 0 Å². The SMILES string of the molecule is Cn1cc(C(=O)Nc2ccc([N+](=O)[O-])cc2Cl)c(=O)c2cc(Cl)ccc21. The molecule has 3 aromatic rings. The van der Waals surface area contributed by atoms with E-state index in [9.17, 15) is 19.7 Å². The van der Waals surface area contributed by atoms with Gasteiger partial charge in [0.25, 0.3) is 11.6 Å². The Balaban J connectivity index is 2.02. The molecule has 1 aromatic heterocycles. The zero-order chi connectivity index (χ0) is 19.0. The second-order valence-electron chi connectivity index (χ2n) is 5.52. The molecule has 0 aliphatic rings. The first-order chi connectivity index (χ1) is 12.3. The summed E-state index contributed by atoms with van der Waals surface area (Å²) in [4.78, 5) is 35.3. The van der Waals surface area contributed by atoms with E-state index in [1.807, 2.05) is 0 Å². The molecule has 0 saturated heterocycles. The summed E-state index contributed by atoms with van der Waals surface area (Å²) in [5.74, 6) is -0.678. The lowest BCUT2D eigenvalue weighted by Crippen LogP contribution is -2.23. The highest BCUT2D eigenvalue weighted by Crippen LogP contribution is 2.27. The van der Waals surface area contributed by atoms with Crippen molar-refractivity contribution in [2.45, 2.75) is 0 Å². The molecule has 9 heteroatoms. The quantitative estimate of drug-likeness (QED) is 0.538. The molecule has 0 saturated carbocycles. The Kier molecular flexibility index (Phi) is 4.67. The first kappa shape index (κ1) is 17.9. The molecular weight excluding hydrogens is 381 g/mol. The molecule has 1 N–H and O–H groups in total.